The van der Waals surface area contributed by atoms with Gasteiger partial charge in [-0.05, 0) is 74.1 Å². The quantitative estimate of drug-likeness (QED) is 0.214. The predicted molar refractivity (Wildman–Crippen MR) is 170 cm³/mol. The van der Waals surface area contributed by atoms with Gasteiger partial charge in [0, 0.05) is 74.1 Å². The third kappa shape index (κ3) is 4.32. The number of rotatable bonds is 6. The lowest BCUT2D eigenvalue weighted by Gasteiger charge is -2.19. The number of carbonyl (C=O) groups excluding carboxylic acids is 2. The Morgan fingerprint density at radius 1 is 1.00 bits per heavy atom. The molecule has 0 saturated carbocycles. The molecular formula is C35H38N4O5. The summed E-state index contributed by atoms with van der Waals surface area (Å²) in [5.74, 6) is -3.40. The highest BCUT2D eigenvalue weighted by molar-refractivity contribution is 6.24. The topological polar surface area (TPSA) is 140 Å². The van der Waals surface area contributed by atoms with Crippen molar-refractivity contribution in [1.29, 1.82) is 0 Å². The molecule has 0 unspecified atom stereocenters. The van der Waals surface area contributed by atoms with Gasteiger partial charge in [-0.15, -0.1) is 0 Å². The number of carboxylic acids is 1. The molecule has 0 amide bonds. The van der Waals surface area contributed by atoms with E-state index in [9.17, 15) is 19.5 Å². The van der Waals surface area contributed by atoms with Crippen LogP contribution in [0.25, 0.3) is 29.9 Å². The summed E-state index contributed by atoms with van der Waals surface area (Å²) in [6, 6.07) is 0. The molecule has 3 atom stereocenters. The molecule has 1 aliphatic carbocycles. The van der Waals surface area contributed by atoms with Crippen LogP contribution in [-0.2, 0) is 20.7 Å². The summed E-state index contributed by atoms with van der Waals surface area (Å²) in [6.45, 7) is 14.3. The number of fused-ring (bicyclic) bond motifs is 7. The third-order valence-corrected chi connectivity index (χ3v) is 9.75. The SMILES string of the molecule is C=Cc1c2[nH]c(c1C)/C=C1/N/C(=C3\c4[nH]c(c(C)c4C(=O)[C@@H]3C(=O)OC)/C=c3\[nH]/c(c(C)c3CC)=C\2)[C@@H](CCC(=O)O)[C@@H]1C. The molecule has 2 aliphatic heterocycles. The number of esters is 1. The van der Waals surface area contributed by atoms with Gasteiger partial charge >= 0.3 is 11.9 Å². The maximum Gasteiger partial charge on any atom is 0.321 e. The fourth-order valence-electron chi connectivity index (χ4n) is 7.28. The monoisotopic (exact) mass is 594 g/mol. The largest absolute Gasteiger partial charge is 0.481 e. The number of hydrogen-bond acceptors (Lipinski definition) is 5. The first-order valence-electron chi connectivity index (χ1n) is 15.1. The lowest BCUT2D eigenvalue weighted by molar-refractivity contribution is -0.142. The maximum atomic E-state index is 14.0. The van der Waals surface area contributed by atoms with Gasteiger partial charge in [0.2, 0.25) is 0 Å². The minimum atomic E-state index is -1.15. The molecule has 0 spiro atoms. The van der Waals surface area contributed by atoms with E-state index in [1.807, 2.05) is 39.0 Å². The molecule has 3 aromatic rings. The number of aromatic nitrogens is 3. The number of allylic oxidation sites excluding steroid dienone is 2. The fraction of sp³-hybridized carbons (Fsp3) is 0.343. The molecule has 9 heteroatoms. The zero-order valence-corrected chi connectivity index (χ0v) is 26.0. The number of H-pyrrole nitrogens is 3. The molecule has 44 heavy (non-hydrogen) atoms. The molecule has 228 valence electrons. The summed E-state index contributed by atoms with van der Waals surface area (Å²) < 4.78 is 5.15. The van der Waals surface area contributed by atoms with Crippen molar-refractivity contribution in [2.45, 2.75) is 53.9 Å². The zero-order chi connectivity index (χ0) is 31.6. The number of ether oxygens (including phenoxy) is 1. The van der Waals surface area contributed by atoms with E-state index in [4.69, 9.17) is 4.74 Å². The van der Waals surface area contributed by atoms with E-state index in [1.54, 1.807) is 0 Å². The van der Waals surface area contributed by atoms with Crippen molar-refractivity contribution in [2.24, 2.45) is 17.8 Å². The number of hydrogen-bond donors (Lipinski definition) is 5. The molecule has 9 nitrogen and oxygen atoms in total. The summed E-state index contributed by atoms with van der Waals surface area (Å²) in [5, 5.41) is 15.1. The van der Waals surface area contributed by atoms with E-state index in [0.717, 1.165) is 62.2 Å². The minimum Gasteiger partial charge on any atom is -0.481 e. The standard InChI is InChI=1S/C35H38N4O5/c1-8-19-15(3)22-12-24-17(5)21(10-11-28(40)41)32(38-24)30-31(35(43)44-7)34(42)29-18(6)25(39-33(29)30)14-27-20(9-2)16(4)23(37-27)13-26(19)36-22/h8,12-14,17,21,31,36-39H,1,9-11H2,2-7H3,(H,40,41)/b23-13-,24-12+,27-14-,32-30-/t17-,21-,31+/m0/s1. The van der Waals surface area contributed by atoms with Gasteiger partial charge in [0.25, 0.3) is 0 Å². The first kappa shape index (κ1) is 29.3. The normalized spacial score (nSPS) is 24.5. The lowest BCUT2D eigenvalue weighted by Crippen LogP contribution is -2.25. The van der Waals surface area contributed by atoms with Crippen molar-refractivity contribution >= 4 is 47.6 Å². The first-order chi connectivity index (χ1) is 21.0. The number of carboxylic acid groups (broad SMARTS) is 1. The van der Waals surface area contributed by atoms with Crippen molar-refractivity contribution in [2.75, 3.05) is 7.11 Å². The number of ketones is 1. The lowest BCUT2D eigenvalue weighted by atomic mass is 9.85. The minimum absolute atomic E-state index is 0.0530. The number of nitrogens with one attached hydrogen (secondary N) is 4. The molecule has 1 fully saturated rings. The Morgan fingerprint density at radius 3 is 2.36 bits per heavy atom. The highest BCUT2D eigenvalue weighted by atomic mass is 16.5. The molecule has 0 aromatic carbocycles. The summed E-state index contributed by atoms with van der Waals surface area (Å²) >= 11 is 0. The molecular weight excluding hydrogens is 556 g/mol. The Kier molecular flexibility index (Phi) is 7.14. The van der Waals surface area contributed by atoms with Crippen molar-refractivity contribution in [1.82, 2.24) is 20.3 Å². The van der Waals surface area contributed by atoms with Crippen LogP contribution in [0.15, 0.2) is 18.0 Å². The van der Waals surface area contributed by atoms with Gasteiger partial charge in [-0.25, -0.2) is 0 Å². The van der Waals surface area contributed by atoms with Crippen LogP contribution >= 0.6 is 0 Å². The Bertz CT molecular complexity index is 1960. The van der Waals surface area contributed by atoms with E-state index in [0.29, 0.717) is 28.9 Å². The number of aliphatic carboxylic acids is 1. The summed E-state index contributed by atoms with van der Waals surface area (Å²) in [4.78, 5) is 49.7. The molecule has 5 N–H and O–H groups in total. The van der Waals surface area contributed by atoms with Crippen molar-refractivity contribution in [3.05, 3.63) is 84.8 Å². The first-order valence-corrected chi connectivity index (χ1v) is 15.1. The summed E-state index contributed by atoms with van der Waals surface area (Å²) in [5.41, 5.74) is 10.8. The van der Waals surface area contributed by atoms with Gasteiger partial charge in [-0.3, -0.25) is 14.4 Å². The molecule has 0 radical (unpaired) electrons. The van der Waals surface area contributed by atoms with Crippen LogP contribution in [0.5, 0.6) is 0 Å². The van der Waals surface area contributed by atoms with Gasteiger partial charge in [0.1, 0.15) is 5.92 Å². The molecule has 3 aliphatic rings. The summed E-state index contributed by atoms with van der Waals surface area (Å²) in [6.07, 6.45) is 9.13. The van der Waals surface area contributed by atoms with Crippen LogP contribution in [0.2, 0.25) is 0 Å². The Balaban J connectivity index is 1.73. The van der Waals surface area contributed by atoms with Gasteiger partial charge in [-0.2, -0.15) is 0 Å². The smallest absolute Gasteiger partial charge is 0.321 e. The van der Waals surface area contributed by atoms with Gasteiger partial charge in [0.05, 0.1) is 12.8 Å². The van der Waals surface area contributed by atoms with Crippen LogP contribution in [0.4, 0.5) is 0 Å². The van der Waals surface area contributed by atoms with Gasteiger partial charge in [0.15, 0.2) is 5.78 Å². The predicted octanol–water partition coefficient (Wildman–Crippen LogP) is 4.23. The molecule has 5 heterocycles. The van der Waals surface area contributed by atoms with Crippen molar-refractivity contribution in [3.63, 3.8) is 0 Å². The second kappa shape index (κ2) is 10.7. The average molecular weight is 595 g/mol. The van der Waals surface area contributed by atoms with Crippen LogP contribution in [0.1, 0.15) is 87.6 Å². The van der Waals surface area contributed by atoms with E-state index in [2.05, 4.69) is 46.8 Å². The second-order valence-electron chi connectivity index (χ2n) is 12.0. The Labute approximate surface area is 255 Å². The average Bonchev–Trinajstić information content (AvgIpc) is 3.72. The van der Waals surface area contributed by atoms with Gasteiger partial charge < -0.3 is 30.1 Å². The van der Waals surface area contributed by atoms with E-state index in [-0.39, 0.29) is 24.0 Å². The molecule has 8 bridgehead atoms. The molecule has 1 saturated heterocycles. The number of methoxy groups -OCH3 is 1. The number of aromatic amines is 3. The van der Waals surface area contributed by atoms with Crippen LogP contribution in [0, 0.1) is 38.5 Å². The Hall–Kier alpha value is -4.79. The fourth-order valence-corrected chi connectivity index (χ4v) is 7.28. The van der Waals surface area contributed by atoms with Crippen LogP contribution in [0.3, 0.4) is 0 Å². The third-order valence-electron chi connectivity index (χ3n) is 9.75. The zero-order valence-electron chi connectivity index (χ0n) is 26.0. The van der Waals surface area contributed by atoms with Gasteiger partial charge in [-0.1, -0.05) is 26.5 Å². The van der Waals surface area contributed by atoms with E-state index < -0.39 is 17.9 Å². The van der Waals surface area contributed by atoms with E-state index >= 15 is 0 Å². The number of Topliss-reactive ketones (excluding diaryl/α,β-unsaturated/α-hetero) is 1. The van der Waals surface area contributed by atoms with Crippen molar-refractivity contribution in [3.8, 4) is 0 Å². The number of carbonyl (C=O) groups is 3. The molecule has 6 rings (SSSR count). The maximum absolute atomic E-state index is 14.0. The van der Waals surface area contributed by atoms with Crippen LogP contribution in [-0.4, -0.2) is 44.9 Å². The molecule has 3 aromatic heterocycles. The highest BCUT2D eigenvalue weighted by Crippen LogP contribution is 2.48. The van der Waals surface area contributed by atoms with E-state index in [1.165, 1.54) is 12.7 Å². The van der Waals surface area contributed by atoms with Crippen molar-refractivity contribution < 1.29 is 24.2 Å². The summed E-state index contributed by atoms with van der Waals surface area (Å²) in [7, 11) is 1.28. The Morgan fingerprint density at radius 2 is 1.70 bits per heavy atom. The second-order valence-corrected chi connectivity index (χ2v) is 12.0. The van der Waals surface area contributed by atoms with Crippen LogP contribution < -0.4 is 16.0 Å². The highest BCUT2D eigenvalue weighted by Gasteiger charge is 2.48.